The van der Waals surface area contributed by atoms with Crippen LogP contribution < -0.4 is 0 Å². The lowest BCUT2D eigenvalue weighted by molar-refractivity contribution is -0.0991. The summed E-state index contributed by atoms with van der Waals surface area (Å²) in [5.74, 6) is 0. The van der Waals surface area contributed by atoms with Gasteiger partial charge in [0.25, 0.3) is 0 Å². The summed E-state index contributed by atoms with van der Waals surface area (Å²) in [6, 6.07) is 0. The molecule has 3 nitrogen and oxygen atoms in total. The van der Waals surface area contributed by atoms with Crippen LogP contribution in [0.1, 0.15) is 54.4 Å². The van der Waals surface area contributed by atoms with Crippen LogP contribution in [0, 0.1) is 5.41 Å². The normalized spacial score (nSPS) is 17.4. The van der Waals surface area contributed by atoms with Gasteiger partial charge in [-0.2, -0.15) is 0 Å². The SMILES string of the molecule is CCC(C)(C)C.CCC(O)(CO)C(C)O. The van der Waals surface area contributed by atoms with Gasteiger partial charge in [0.2, 0.25) is 0 Å². The number of hydrogen-bond acceptors (Lipinski definition) is 3. The Morgan fingerprint density at radius 1 is 1.07 bits per heavy atom. The summed E-state index contributed by atoms with van der Waals surface area (Å²) >= 11 is 0. The quantitative estimate of drug-likeness (QED) is 0.681. The van der Waals surface area contributed by atoms with Crippen molar-refractivity contribution in [2.24, 2.45) is 5.41 Å². The number of hydrogen-bond donors (Lipinski definition) is 3. The number of rotatable bonds is 3. The Hall–Kier alpha value is -0.120. The van der Waals surface area contributed by atoms with Gasteiger partial charge in [-0.15, -0.1) is 0 Å². The van der Waals surface area contributed by atoms with E-state index in [1.807, 2.05) is 0 Å². The Morgan fingerprint density at radius 2 is 1.40 bits per heavy atom. The third-order valence-corrected chi connectivity index (χ3v) is 2.72. The third kappa shape index (κ3) is 8.85. The van der Waals surface area contributed by atoms with Crippen LogP contribution in [0.3, 0.4) is 0 Å². The average molecular weight is 220 g/mol. The molecular weight excluding hydrogens is 192 g/mol. The topological polar surface area (TPSA) is 60.7 Å². The van der Waals surface area contributed by atoms with Gasteiger partial charge in [-0.3, -0.25) is 0 Å². The van der Waals surface area contributed by atoms with Crippen LogP contribution in [0.15, 0.2) is 0 Å². The van der Waals surface area contributed by atoms with Crippen molar-refractivity contribution in [3.63, 3.8) is 0 Å². The van der Waals surface area contributed by atoms with Crippen molar-refractivity contribution in [3.8, 4) is 0 Å². The predicted molar refractivity (Wildman–Crippen MR) is 63.8 cm³/mol. The first kappa shape index (κ1) is 17.3. The first-order valence-electron chi connectivity index (χ1n) is 5.64. The second kappa shape index (κ2) is 7.20. The summed E-state index contributed by atoms with van der Waals surface area (Å²) in [6.45, 7) is 11.7. The highest BCUT2D eigenvalue weighted by Gasteiger charge is 2.29. The fourth-order valence-corrected chi connectivity index (χ4v) is 0.539. The molecule has 94 valence electrons. The van der Waals surface area contributed by atoms with Gasteiger partial charge in [-0.25, -0.2) is 0 Å². The molecule has 0 aliphatic heterocycles. The first-order chi connectivity index (χ1) is 6.63. The molecule has 0 aliphatic carbocycles. The Balaban J connectivity index is 0. The molecule has 0 radical (unpaired) electrons. The smallest absolute Gasteiger partial charge is 0.113 e. The summed E-state index contributed by atoms with van der Waals surface area (Å²) in [7, 11) is 0. The van der Waals surface area contributed by atoms with Crippen LogP contribution in [0.4, 0.5) is 0 Å². The van der Waals surface area contributed by atoms with E-state index in [4.69, 9.17) is 10.2 Å². The van der Waals surface area contributed by atoms with Crippen molar-refractivity contribution in [3.05, 3.63) is 0 Å². The Bertz CT molecular complexity index is 143. The zero-order valence-electron chi connectivity index (χ0n) is 11.0. The van der Waals surface area contributed by atoms with Crippen molar-refractivity contribution in [2.45, 2.75) is 66.1 Å². The molecular formula is C12H28O3. The van der Waals surface area contributed by atoms with Crippen LogP contribution in [0.2, 0.25) is 0 Å². The summed E-state index contributed by atoms with van der Waals surface area (Å²) in [5, 5.41) is 26.6. The summed E-state index contributed by atoms with van der Waals surface area (Å²) < 4.78 is 0. The molecule has 0 aromatic heterocycles. The van der Waals surface area contributed by atoms with Crippen LogP contribution in [0.5, 0.6) is 0 Å². The molecule has 2 unspecified atom stereocenters. The predicted octanol–water partition coefficient (Wildman–Crippen LogP) is 1.94. The molecule has 0 heterocycles. The highest BCUT2D eigenvalue weighted by molar-refractivity contribution is 4.80. The molecule has 0 aromatic carbocycles. The molecule has 0 rings (SSSR count). The van der Waals surface area contributed by atoms with E-state index in [0.29, 0.717) is 11.8 Å². The molecule has 0 aliphatic rings. The fourth-order valence-electron chi connectivity index (χ4n) is 0.539. The zero-order valence-corrected chi connectivity index (χ0v) is 11.0. The Labute approximate surface area is 94.1 Å². The van der Waals surface area contributed by atoms with E-state index in [9.17, 15) is 5.11 Å². The molecule has 0 saturated carbocycles. The highest BCUT2D eigenvalue weighted by atomic mass is 16.4. The van der Waals surface area contributed by atoms with Gasteiger partial charge in [0.15, 0.2) is 0 Å². The molecule has 0 saturated heterocycles. The monoisotopic (exact) mass is 220 g/mol. The van der Waals surface area contributed by atoms with Gasteiger partial charge in [-0.1, -0.05) is 41.0 Å². The van der Waals surface area contributed by atoms with E-state index in [0.717, 1.165) is 0 Å². The number of aliphatic hydroxyl groups excluding tert-OH is 2. The van der Waals surface area contributed by atoms with Gasteiger partial charge < -0.3 is 15.3 Å². The van der Waals surface area contributed by atoms with E-state index in [1.54, 1.807) is 6.92 Å². The molecule has 2 atom stereocenters. The van der Waals surface area contributed by atoms with Gasteiger partial charge in [0.05, 0.1) is 12.7 Å². The lowest BCUT2D eigenvalue weighted by Crippen LogP contribution is -2.43. The van der Waals surface area contributed by atoms with Crippen molar-refractivity contribution >= 4 is 0 Å². The standard InChI is InChI=1S/C6H14O3.C6H14/c1-3-6(9,4-7)5(2)8;1-5-6(2,3)4/h5,7-9H,3-4H2,1-2H3;5H2,1-4H3. The van der Waals surface area contributed by atoms with Crippen molar-refractivity contribution in [1.82, 2.24) is 0 Å². The van der Waals surface area contributed by atoms with Gasteiger partial charge >= 0.3 is 0 Å². The molecule has 3 heteroatoms. The van der Waals surface area contributed by atoms with Crippen LogP contribution in [0.25, 0.3) is 0 Å². The molecule has 3 N–H and O–H groups in total. The van der Waals surface area contributed by atoms with Gasteiger partial charge in [0.1, 0.15) is 5.60 Å². The highest BCUT2D eigenvalue weighted by Crippen LogP contribution is 2.16. The molecule has 15 heavy (non-hydrogen) atoms. The molecule has 0 spiro atoms. The maximum atomic E-state index is 9.21. The second-order valence-corrected chi connectivity index (χ2v) is 5.21. The number of aliphatic hydroxyl groups is 3. The van der Waals surface area contributed by atoms with Gasteiger partial charge in [0, 0.05) is 0 Å². The second-order valence-electron chi connectivity index (χ2n) is 5.21. The Kier molecular flexibility index (Phi) is 8.30. The largest absolute Gasteiger partial charge is 0.393 e. The van der Waals surface area contributed by atoms with Crippen molar-refractivity contribution in [1.29, 1.82) is 0 Å². The fraction of sp³-hybridized carbons (Fsp3) is 1.00. The van der Waals surface area contributed by atoms with E-state index >= 15 is 0 Å². The van der Waals surface area contributed by atoms with E-state index in [-0.39, 0.29) is 6.61 Å². The van der Waals surface area contributed by atoms with Crippen LogP contribution in [-0.4, -0.2) is 33.6 Å². The third-order valence-electron chi connectivity index (χ3n) is 2.72. The van der Waals surface area contributed by atoms with E-state index in [2.05, 4.69) is 27.7 Å². The van der Waals surface area contributed by atoms with Gasteiger partial charge in [-0.05, 0) is 18.8 Å². The lowest BCUT2D eigenvalue weighted by Gasteiger charge is -2.26. The van der Waals surface area contributed by atoms with Crippen LogP contribution >= 0.6 is 0 Å². The molecule has 0 bridgehead atoms. The lowest BCUT2D eigenvalue weighted by atomic mass is 9.94. The minimum Gasteiger partial charge on any atom is -0.393 e. The Morgan fingerprint density at radius 3 is 1.40 bits per heavy atom. The molecule has 0 amide bonds. The van der Waals surface area contributed by atoms with Crippen molar-refractivity contribution < 1.29 is 15.3 Å². The maximum Gasteiger partial charge on any atom is 0.113 e. The van der Waals surface area contributed by atoms with Crippen LogP contribution in [-0.2, 0) is 0 Å². The zero-order chi connectivity index (χ0) is 12.7. The maximum absolute atomic E-state index is 9.21. The van der Waals surface area contributed by atoms with Crippen molar-refractivity contribution in [2.75, 3.05) is 6.61 Å². The first-order valence-corrected chi connectivity index (χ1v) is 5.64. The average Bonchev–Trinajstić information content (AvgIpc) is 2.16. The molecule has 0 aromatic rings. The minimum absolute atomic E-state index is 0.362. The summed E-state index contributed by atoms with van der Waals surface area (Å²) in [6.07, 6.45) is 0.765. The summed E-state index contributed by atoms with van der Waals surface area (Å²) in [4.78, 5) is 0. The summed E-state index contributed by atoms with van der Waals surface area (Å²) in [5.41, 5.74) is -0.764. The minimum atomic E-state index is -1.31. The molecule has 0 fully saturated rings. The van der Waals surface area contributed by atoms with E-state index in [1.165, 1.54) is 13.3 Å². The van der Waals surface area contributed by atoms with E-state index < -0.39 is 11.7 Å².